The standard InChI is InChI=1S/C16H32B/c1-11(2)16(5,6)17-10-13(4)14-8-7-12(3)15(17)9-14/h11-15,17H,7-10H2,1-6H3/q-1. The van der Waals surface area contributed by atoms with E-state index in [9.17, 15) is 0 Å². The molecule has 0 aromatic heterocycles. The second-order valence-corrected chi connectivity index (χ2v) is 8.46. The Kier molecular flexibility index (Phi) is 3.67. The molecule has 0 N–H and O–H groups in total. The molecule has 17 heavy (non-hydrogen) atoms. The van der Waals surface area contributed by atoms with Crippen LogP contribution in [-0.4, -0.2) is 6.71 Å². The molecule has 1 heterocycles. The van der Waals surface area contributed by atoms with Gasteiger partial charge in [0.15, 0.2) is 0 Å². The number of hydrogen-bond donors (Lipinski definition) is 0. The van der Waals surface area contributed by atoms with Crippen molar-refractivity contribution in [2.24, 2.45) is 23.7 Å². The first kappa shape index (κ1) is 13.5. The Morgan fingerprint density at radius 2 is 1.71 bits per heavy atom. The molecule has 2 rings (SSSR count). The Hall–Kier alpha value is 0.0649. The first-order valence-corrected chi connectivity index (χ1v) is 8.07. The smallest absolute Gasteiger partial charge is 0.00630 e. The molecule has 0 spiro atoms. The van der Waals surface area contributed by atoms with Crippen molar-refractivity contribution in [3.05, 3.63) is 0 Å². The van der Waals surface area contributed by atoms with Gasteiger partial charge in [0.25, 0.3) is 0 Å². The van der Waals surface area contributed by atoms with Gasteiger partial charge in [-0.1, -0.05) is 78.6 Å². The molecule has 0 radical (unpaired) electrons. The molecule has 0 nitrogen and oxygen atoms in total. The van der Waals surface area contributed by atoms with Crippen LogP contribution >= 0.6 is 0 Å². The average molecular weight is 235 g/mol. The highest BCUT2D eigenvalue weighted by molar-refractivity contribution is 6.64. The quantitative estimate of drug-likeness (QED) is 0.584. The molecule has 100 valence electrons. The van der Waals surface area contributed by atoms with Gasteiger partial charge in [-0.05, 0) is 12.6 Å². The van der Waals surface area contributed by atoms with E-state index in [4.69, 9.17) is 0 Å². The second-order valence-electron chi connectivity index (χ2n) is 8.46. The van der Waals surface area contributed by atoms with Crippen molar-refractivity contribution in [3.8, 4) is 0 Å². The Labute approximate surface area is 109 Å². The zero-order valence-electron chi connectivity index (χ0n) is 12.9. The van der Waals surface area contributed by atoms with Gasteiger partial charge < -0.3 is 0 Å². The second kappa shape index (κ2) is 4.63. The van der Waals surface area contributed by atoms with Crippen LogP contribution in [0.25, 0.3) is 0 Å². The van der Waals surface area contributed by atoms with E-state index in [0.29, 0.717) is 5.31 Å². The summed E-state index contributed by atoms with van der Waals surface area (Å²) in [6, 6.07) is 0. The highest BCUT2D eigenvalue weighted by Gasteiger charge is 2.42. The minimum absolute atomic E-state index is 0.0182. The van der Waals surface area contributed by atoms with Crippen LogP contribution in [0.5, 0.6) is 0 Å². The Morgan fingerprint density at radius 1 is 1.06 bits per heavy atom. The van der Waals surface area contributed by atoms with Gasteiger partial charge in [-0.15, -0.1) is 0 Å². The monoisotopic (exact) mass is 235 g/mol. The van der Waals surface area contributed by atoms with Crippen LogP contribution in [0.1, 0.15) is 60.8 Å². The number of rotatable bonds is 2. The molecule has 2 aliphatic rings. The van der Waals surface area contributed by atoms with E-state index >= 15 is 0 Å². The van der Waals surface area contributed by atoms with Crippen molar-refractivity contribution in [3.63, 3.8) is 0 Å². The highest BCUT2D eigenvalue weighted by Crippen LogP contribution is 2.56. The summed E-state index contributed by atoms with van der Waals surface area (Å²) in [5, 5.41) is 0.607. The lowest BCUT2D eigenvalue weighted by Crippen LogP contribution is -2.47. The van der Waals surface area contributed by atoms with Crippen molar-refractivity contribution in [1.82, 2.24) is 0 Å². The van der Waals surface area contributed by atoms with E-state index in [-0.39, 0.29) is 6.71 Å². The maximum atomic E-state index is 2.56. The molecule has 1 heteroatoms. The predicted octanol–water partition coefficient (Wildman–Crippen LogP) is 5.11. The lowest BCUT2D eigenvalue weighted by atomic mass is 9.19. The molecular weight excluding hydrogens is 203 g/mol. The topological polar surface area (TPSA) is 0 Å². The van der Waals surface area contributed by atoms with Crippen LogP contribution in [0.4, 0.5) is 0 Å². The van der Waals surface area contributed by atoms with Crippen LogP contribution in [-0.2, 0) is 0 Å². The van der Waals surface area contributed by atoms with Crippen molar-refractivity contribution < 1.29 is 0 Å². The van der Waals surface area contributed by atoms with E-state index in [0.717, 1.165) is 29.5 Å². The van der Waals surface area contributed by atoms with E-state index in [2.05, 4.69) is 41.5 Å². The molecule has 1 aliphatic heterocycles. The molecule has 1 aliphatic carbocycles. The Balaban J connectivity index is 2.21. The lowest BCUT2D eigenvalue weighted by molar-refractivity contribution is 0.204. The molecule has 0 amide bonds. The van der Waals surface area contributed by atoms with Gasteiger partial charge in [0.2, 0.25) is 0 Å². The van der Waals surface area contributed by atoms with Crippen LogP contribution in [0.15, 0.2) is 0 Å². The van der Waals surface area contributed by atoms with Crippen molar-refractivity contribution in [2.75, 3.05) is 0 Å². The zero-order chi connectivity index (χ0) is 12.8. The molecule has 5 atom stereocenters. The molecule has 2 fully saturated rings. The minimum atomic E-state index is 0.0182. The van der Waals surface area contributed by atoms with Crippen molar-refractivity contribution >= 4 is 6.71 Å². The average Bonchev–Trinajstić information content (AvgIpc) is 2.26. The molecule has 0 aromatic carbocycles. The Morgan fingerprint density at radius 3 is 2.29 bits per heavy atom. The van der Waals surface area contributed by atoms with Gasteiger partial charge in [0.1, 0.15) is 0 Å². The van der Waals surface area contributed by atoms with Crippen LogP contribution < -0.4 is 0 Å². The molecule has 2 bridgehead atoms. The van der Waals surface area contributed by atoms with E-state index in [1.165, 1.54) is 12.8 Å². The third-order valence-corrected chi connectivity index (χ3v) is 7.34. The fourth-order valence-corrected chi connectivity index (χ4v) is 5.17. The molecule has 0 aromatic rings. The molecular formula is C16H32B-. The summed E-state index contributed by atoms with van der Waals surface area (Å²) in [7, 11) is 0. The first-order valence-electron chi connectivity index (χ1n) is 8.07. The molecule has 1 saturated heterocycles. The first-order chi connectivity index (χ1) is 7.84. The van der Waals surface area contributed by atoms with E-state index < -0.39 is 0 Å². The summed E-state index contributed by atoms with van der Waals surface area (Å²) in [6.07, 6.45) is 6.17. The SMILES string of the molecule is CC1C[BH-](C(C)(C)C(C)C)C2CC1CCC2C. The summed E-state index contributed by atoms with van der Waals surface area (Å²) in [5.41, 5.74) is 0. The summed E-state index contributed by atoms with van der Waals surface area (Å²) in [5.74, 6) is 5.04. The van der Waals surface area contributed by atoms with Gasteiger partial charge in [0.05, 0.1) is 0 Å². The fraction of sp³-hybridized carbons (Fsp3) is 1.00. The van der Waals surface area contributed by atoms with Crippen LogP contribution in [0, 0.1) is 23.7 Å². The van der Waals surface area contributed by atoms with Gasteiger partial charge in [-0.3, -0.25) is 0 Å². The largest absolute Gasteiger partial charge is 0.178 e. The number of fused-ring (bicyclic) bond motifs is 2. The van der Waals surface area contributed by atoms with Gasteiger partial charge in [-0.25, -0.2) is 0 Å². The Bertz CT molecular complexity index is 269. The minimum Gasteiger partial charge on any atom is -0.178 e. The summed E-state index contributed by atoms with van der Waals surface area (Å²) in [4.78, 5) is 0. The fourth-order valence-electron chi connectivity index (χ4n) is 5.17. The maximum Gasteiger partial charge on any atom is -0.00630 e. The lowest BCUT2D eigenvalue weighted by Gasteiger charge is -2.59. The summed E-state index contributed by atoms with van der Waals surface area (Å²) >= 11 is 0. The summed E-state index contributed by atoms with van der Waals surface area (Å²) < 4.78 is 0. The van der Waals surface area contributed by atoms with Crippen molar-refractivity contribution in [1.29, 1.82) is 0 Å². The summed E-state index contributed by atoms with van der Waals surface area (Å²) in [6.45, 7) is 15.1. The van der Waals surface area contributed by atoms with Gasteiger partial charge >= 0.3 is 0 Å². The molecule has 1 saturated carbocycles. The van der Waals surface area contributed by atoms with E-state index in [1.807, 2.05) is 0 Å². The maximum absolute atomic E-state index is 2.56. The van der Waals surface area contributed by atoms with Crippen LogP contribution in [0.2, 0.25) is 17.5 Å². The number of hydrogen-bond acceptors (Lipinski definition) is 0. The normalized spacial score (nSPS) is 42.9. The zero-order valence-corrected chi connectivity index (χ0v) is 12.9. The molecule has 5 unspecified atom stereocenters. The van der Waals surface area contributed by atoms with Gasteiger partial charge in [-0.2, -0.15) is 17.5 Å². The van der Waals surface area contributed by atoms with Crippen LogP contribution in [0.3, 0.4) is 0 Å². The van der Waals surface area contributed by atoms with Crippen molar-refractivity contribution in [2.45, 2.75) is 78.3 Å². The third-order valence-electron chi connectivity index (χ3n) is 7.34. The van der Waals surface area contributed by atoms with E-state index in [1.54, 1.807) is 12.7 Å². The highest BCUT2D eigenvalue weighted by atomic mass is 14.4. The van der Waals surface area contributed by atoms with Gasteiger partial charge in [0, 0.05) is 0 Å². The predicted molar refractivity (Wildman–Crippen MR) is 80.3 cm³/mol. The third kappa shape index (κ3) is 2.31.